The van der Waals surface area contributed by atoms with Gasteiger partial charge in [-0.1, -0.05) is 23.7 Å². The van der Waals surface area contributed by atoms with Crippen molar-refractivity contribution in [3.8, 4) is 5.75 Å². The molecule has 0 atom stereocenters. The van der Waals surface area contributed by atoms with Gasteiger partial charge in [0, 0.05) is 31.4 Å². The predicted octanol–water partition coefficient (Wildman–Crippen LogP) is 4.03. The molecule has 0 aliphatic rings. The minimum absolute atomic E-state index is 0.0675. The highest BCUT2D eigenvalue weighted by Gasteiger charge is 2.13. The molecule has 0 radical (unpaired) electrons. The second-order valence-electron chi connectivity index (χ2n) is 5.88. The standard InChI is InChI=1S/C16H26ClNO2/c1-16(2,3)18-12-13-8-7-9-14(17)15(13)20-11-6-5-10-19-4/h7-9,18H,5-6,10-12H2,1-4H3. The van der Waals surface area contributed by atoms with E-state index in [1.807, 2.05) is 12.1 Å². The average Bonchev–Trinajstić information content (AvgIpc) is 2.37. The number of hydrogen-bond acceptors (Lipinski definition) is 3. The van der Waals surface area contributed by atoms with Gasteiger partial charge in [-0.05, 0) is 39.7 Å². The normalized spacial score (nSPS) is 11.7. The second kappa shape index (κ2) is 8.50. The molecule has 0 aromatic heterocycles. The van der Waals surface area contributed by atoms with Crippen molar-refractivity contribution in [3.05, 3.63) is 28.8 Å². The van der Waals surface area contributed by atoms with Crippen molar-refractivity contribution in [2.45, 2.75) is 45.7 Å². The van der Waals surface area contributed by atoms with Gasteiger partial charge in [0.15, 0.2) is 0 Å². The van der Waals surface area contributed by atoms with Crippen LogP contribution in [0.5, 0.6) is 5.75 Å². The average molecular weight is 300 g/mol. The molecule has 0 unspecified atom stereocenters. The summed E-state index contributed by atoms with van der Waals surface area (Å²) in [5.41, 5.74) is 1.16. The molecule has 3 nitrogen and oxygen atoms in total. The van der Waals surface area contributed by atoms with E-state index in [-0.39, 0.29) is 5.54 Å². The summed E-state index contributed by atoms with van der Waals surface area (Å²) in [4.78, 5) is 0. The number of nitrogens with one attached hydrogen (secondary N) is 1. The van der Waals surface area contributed by atoms with Gasteiger partial charge >= 0.3 is 0 Å². The van der Waals surface area contributed by atoms with E-state index in [0.717, 1.165) is 37.3 Å². The van der Waals surface area contributed by atoms with Gasteiger partial charge in [0.25, 0.3) is 0 Å². The van der Waals surface area contributed by atoms with Crippen LogP contribution < -0.4 is 10.1 Å². The summed E-state index contributed by atoms with van der Waals surface area (Å²) in [7, 11) is 1.71. The highest BCUT2D eigenvalue weighted by Crippen LogP contribution is 2.29. The minimum atomic E-state index is 0.0675. The van der Waals surface area contributed by atoms with Crippen LogP contribution in [0.3, 0.4) is 0 Å². The number of unbranched alkanes of at least 4 members (excludes halogenated alkanes) is 1. The summed E-state index contributed by atoms with van der Waals surface area (Å²) >= 11 is 6.24. The van der Waals surface area contributed by atoms with Crippen molar-refractivity contribution >= 4 is 11.6 Å². The van der Waals surface area contributed by atoms with Crippen LogP contribution in [-0.4, -0.2) is 25.9 Å². The first-order valence-electron chi connectivity index (χ1n) is 7.08. The van der Waals surface area contributed by atoms with Gasteiger partial charge in [0.05, 0.1) is 11.6 Å². The zero-order valence-corrected chi connectivity index (χ0v) is 13.7. The number of benzene rings is 1. The highest BCUT2D eigenvalue weighted by molar-refractivity contribution is 6.32. The Balaban J connectivity index is 2.59. The third-order valence-corrected chi connectivity index (χ3v) is 3.14. The van der Waals surface area contributed by atoms with E-state index in [1.54, 1.807) is 7.11 Å². The molecule has 0 aliphatic carbocycles. The Morgan fingerprint density at radius 1 is 1.15 bits per heavy atom. The van der Waals surface area contributed by atoms with Crippen molar-refractivity contribution in [1.29, 1.82) is 0 Å². The summed E-state index contributed by atoms with van der Waals surface area (Å²) in [6.45, 7) is 8.60. The summed E-state index contributed by atoms with van der Waals surface area (Å²) in [6, 6.07) is 5.88. The zero-order chi connectivity index (χ0) is 15.0. The quantitative estimate of drug-likeness (QED) is 0.735. The maximum Gasteiger partial charge on any atom is 0.142 e. The Morgan fingerprint density at radius 3 is 2.50 bits per heavy atom. The third-order valence-electron chi connectivity index (χ3n) is 2.85. The minimum Gasteiger partial charge on any atom is -0.492 e. The molecule has 0 amide bonds. The lowest BCUT2D eigenvalue weighted by molar-refractivity contribution is 0.184. The van der Waals surface area contributed by atoms with Crippen molar-refractivity contribution < 1.29 is 9.47 Å². The molecule has 0 heterocycles. The van der Waals surface area contributed by atoms with Gasteiger partial charge in [-0.15, -0.1) is 0 Å². The molecule has 0 fully saturated rings. The van der Waals surface area contributed by atoms with Crippen LogP contribution in [0.15, 0.2) is 18.2 Å². The van der Waals surface area contributed by atoms with Crippen molar-refractivity contribution in [2.24, 2.45) is 0 Å². The van der Waals surface area contributed by atoms with Gasteiger partial charge in [0.2, 0.25) is 0 Å². The molecular weight excluding hydrogens is 274 g/mol. The summed E-state index contributed by atoms with van der Waals surface area (Å²) < 4.78 is 10.9. The second-order valence-corrected chi connectivity index (χ2v) is 6.29. The van der Waals surface area contributed by atoms with Gasteiger partial charge in [-0.2, -0.15) is 0 Å². The molecule has 0 spiro atoms. The van der Waals surface area contributed by atoms with Gasteiger partial charge in [-0.25, -0.2) is 0 Å². The van der Waals surface area contributed by atoms with Crippen LogP contribution in [0.2, 0.25) is 5.02 Å². The lowest BCUT2D eigenvalue weighted by atomic mass is 10.1. The first-order chi connectivity index (χ1) is 9.44. The predicted molar refractivity (Wildman–Crippen MR) is 84.6 cm³/mol. The van der Waals surface area contributed by atoms with Gasteiger partial charge in [-0.3, -0.25) is 0 Å². The largest absolute Gasteiger partial charge is 0.492 e. The lowest BCUT2D eigenvalue weighted by Crippen LogP contribution is -2.35. The van der Waals surface area contributed by atoms with Crippen LogP contribution >= 0.6 is 11.6 Å². The van der Waals surface area contributed by atoms with E-state index in [1.165, 1.54) is 0 Å². The molecular formula is C16H26ClNO2. The van der Waals surface area contributed by atoms with Crippen LogP contribution in [0, 0.1) is 0 Å². The molecule has 0 aliphatic heterocycles. The fourth-order valence-electron chi connectivity index (χ4n) is 1.74. The van der Waals surface area contributed by atoms with E-state index in [9.17, 15) is 0 Å². The summed E-state index contributed by atoms with van der Waals surface area (Å²) in [6.07, 6.45) is 1.96. The number of methoxy groups -OCH3 is 1. The lowest BCUT2D eigenvalue weighted by Gasteiger charge is -2.22. The molecule has 0 bridgehead atoms. The first-order valence-corrected chi connectivity index (χ1v) is 7.46. The number of halogens is 1. The Hall–Kier alpha value is -0.770. The molecule has 20 heavy (non-hydrogen) atoms. The van der Waals surface area contributed by atoms with Gasteiger partial charge in [0.1, 0.15) is 5.75 Å². The first kappa shape index (κ1) is 17.3. The topological polar surface area (TPSA) is 30.5 Å². The number of rotatable bonds is 8. The fraction of sp³-hybridized carbons (Fsp3) is 0.625. The summed E-state index contributed by atoms with van der Waals surface area (Å²) in [5, 5.41) is 4.13. The Bertz CT molecular complexity index is 402. The zero-order valence-electron chi connectivity index (χ0n) is 13.0. The maximum atomic E-state index is 6.24. The Labute approximate surface area is 127 Å². The van der Waals surface area contributed by atoms with Crippen LogP contribution in [0.25, 0.3) is 0 Å². The van der Waals surface area contributed by atoms with Crippen LogP contribution in [-0.2, 0) is 11.3 Å². The van der Waals surface area contributed by atoms with Crippen LogP contribution in [0.1, 0.15) is 39.2 Å². The third kappa shape index (κ3) is 6.60. The smallest absolute Gasteiger partial charge is 0.142 e. The molecule has 0 saturated heterocycles. The SMILES string of the molecule is COCCCCOc1c(Cl)cccc1CNC(C)(C)C. The molecule has 1 aromatic carbocycles. The number of hydrogen-bond donors (Lipinski definition) is 1. The molecule has 1 N–H and O–H groups in total. The van der Waals surface area contributed by atoms with Crippen molar-refractivity contribution in [2.75, 3.05) is 20.3 Å². The van der Waals surface area contributed by atoms with E-state index in [2.05, 4.69) is 32.2 Å². The van der Waals surface area contributed by atoms with Gasteiger partial charge < -0.3 is 14.8 Å². The Morgan fingerprint density at radius 2 is 1.85 bits per heavy atom. The Kier molecular flexibility index (Phi) is 7.35. The van der Waals surface area contributed by atoms with Crippen molar-refractivity contribution in [3.63, 3.8) is 0 Å². The number of para-hydroxylation sites is 1. The monoisotopic (exact) mass is 299 g/mol. The molecule has 114 valence electrons. The maximum absolute atomic E-state index is 6.24. The van der Waals surface area contributed by atoms with E-state index in [4.69, 9.17) is 21.1 Å². The number of ether oxygens (including phenoxy) is 2. The molecule has 0 saturated carbocycles. The molecule has 1 aromatic rings. The molecule has 4 heteroatoms. The van der Waals surface area contributed by atoms with Crippen molar-refractivity contribution in [1.82, 2.24) is 5.32 Å². The van der Waals surface area contributed by atoms with E-state index < -0.39 is 0 Å². The molecule has 1 rings (SSSR count). The summed E-state index contributed by atoms with van der Waals surface area (Å²) in [5.74, 6) is 0.795. The van der Waals surface area contributed by atoms with Crippen LogP contribution in [0.4, 0.5) is 0 Å². The van der Waals surface area contributed by atoms with E-state index >= 15 is 0 Å². The highest BCUT2D eigenvalue weighted by atomic mass is 35.5. The fourth-order valence-corrected chi connectivity index (χ4v) is 1.99. The van der Waals surface area contributed by atoms with E-state index in [0.29, 0.717) is 11.6 Å².